The van der Waals surface area contributed by atoms with Gasteiger partial charge in [0.2, 0.25) is 0 Å². The summed E-state index contributed by atoms with van der Waals surface area (Å²) in [6.45, 7) is 1.99. The Hall–Kier alpha value is -1.35. The maximum Gasteiger partial charge on any atom is 0.306 e. The first-order valence-corrected chi connectivity index (χ1v) is 5.06. The van der Waals surface area contributed by atoms with Crippen LogP contribution in [-0.4, -0.2) is 16.2 Å². The molecular weight excluding hydrogens is 192 g/mol. The van der Waals surface area contributed by atoms with Crippen LogP contribution in [0.3, 0.4) is 0 Å². The van der Waals surface area contributed by atoms with Crippen LogP contribution in [-0.2, 0) is 16.8 Å². The zero-order valence-electron chi connectivity index (χ0n) is 8.66. The van der Waals surface area contributed by atoms with E-state index in [0.29, 0.717) is 6.42 Å². The Morgan fingerprint density at radius 2 is 2.27 bits per heavy atom. The van der Waals surface area contributed by atoms with E-state index < -0.39 is 11.6 Å². The number of benzene rings is 1. The topological polar surface area (TPSA) is 57.5 Å². The number of hydrogen-bond acceptors (Lipinski definition) is 2. The van der Waals surface area contributed by atoms with Crippen LogP contribution in [0.25, 0.3) is 0 Å². The van der Waals surface area contributed by atoms with Crippen molar-refractivity contribution in [3.8, 4) is 0 Å². The summed E-state index contributed by atoms with van der Waals surface area (Å²) in [5, 5.41) is 19.0. The molecule has 1 aliphatic rings. The molecule has 1 unspecified atom stereocenters. The smallest absolute Gasteiger partial charge is 0.306 e. The molecule has 1 aromatic carbocycles. The number of carbonyl (C=O) groups is 1. The summed E-state index contributed by atoms with van der Waals surface area (Å²) in [7, 11) is 0. The fourth-order valence-corrected chi connectivity index (χ4v) is 2.37. The first-order valence-electron chi connectivity index (χ1n) is 5.06. The fourth-order valence-electron chi connectivity index (χ4n) is 2.37. The van der Waals surface area contributed by atoms with Crippen molar-refractivity contribution >= 4 is 5.97 Å². The molecule has 0 saturated heterocycles. The monoisotopic (exact) mass is 206 g/mol. The highest BCUT2D eigenvalue weighted by Crippen LogP contribution is 2.40. The van der Waals surface area contributed by atoms with Crippen molar-refractivity contribution in [2.24, 2.45) is 0 Å². The summed E-state index contributed by atoms with van der Waals surface area (Å²) in [4.78, 5) is 10.7. The molecule has 0 spiro atoms. The quantitative estimate of drug-likeness (QED) is 0.772. The van der Waals surface area contributed by atoms with Gasteiger partial charge < -0.3 is 10.2 Å². The van der Waals surface area contributed by atoms with E-state index in [1.54, 1.807) is 0 Å². The molecule has 0 aliphatic heterocycles. The molecule has 1 aromatic rings. The van der Waals surface area contributed by atoms with Crippen LogP contribution < -0.4 is 0 Å². The Morgan fingerprint density at radius 1 is 1.53 bits per heavy atom. The van der Waals surface area contributed by atoms with Crippen molar-refractivity contribution in [2.45, 2.75) is 31.8 Å². The molecule has 1 aliphatic carbocycles. The van der Waals surface area contributed by atoms with Crippen LogP contribution >= 0.6 is 0 Å². The second kappa shape index (κ2) is 3.35. The Balaban J connectivity index is 2.43. The highest BCUT2D eigenvalue weighted by atomic mass is 16.4. The lowest BCUT2D eigenvalue weighted by Gasteiger charge is -2.21. The number of rotatable bonds is 2. The van der Waals surface area contributed by atoms with Gasteiger partial charge in [0.05, 0.1) is 6.42 Å². The summed E-state index contributed by atoms with van der Waals surface area (Å²) in [5.74, 6) is -0.952. The predicted molar refractivity (Wildman–Crippen MR) is 55.6 cm³/mol. The van der Waals surface area contributed by atoms with Gasteiger partial charge in [-0.2, -0.15) is 0 Å². The second-order valence-corrected chi connectivity index (χ2v) is 4.20. The van der Waals surface area contributed by atoms with Crippen LogP contribution in [0.5, 0.6) is 0 Å². The van der Waals surface area contributed by atoms with Crippen LogP contribution in [0.15, 0.2) is 18.2 Å². The lowest BCUT2D eigenvalue weighted by Crippen LogP contribution is -2.26. The summed E-state index contributed by atoms with van der Waals surface area (Å²) in [6, 6.07) is 5.69. The summed E-state index contributed by atoms with van der Waals surface area (Å²) < 4.78 is 0. The molecule has 0 bridgehead atoms. The Kier molecular flexibility index (Phi) is 2.27. The van der Waals surface area contributed by atoms with Crippen molar-refractivity contribution < 1.29 is 15.0 Å². The molecular formula is C12H14O3. The van der Waals surface area contributed by atoms with Crippen molar-refractivity contribution in [1.82, 2.24) is 0 Å². The van der Waals surface area contributed by atoms with Gasteiger partial charge in [0.25, 0.3) is 0 Å². The number of aliphatic hydroxyl groups is 1. The molecule has 3 nitrogen and oxygen atoms in total. The normalized spacial score (nSPS) is 23.9. The SMILES string of the molecule is Cc1cccc2c1CCC2(O)CC(=O)O. The van der Waals surface area contributed by atoms with E-state index in [9.17, 15) is 9.90 Å². The average Bonchev–Trinajstić information content (AvgIpc) is 2.44. The standard InChI is InChI=1S/C12H14O3/c1-8-3-2-4-10-9(8)5-6-12(10,15)7-11(13)14/h2-4,15H,5-7H2,1H3,(H,13,14). The van der Waals surface area contributed by atoms with E-state index in [1.165, 1.54) is 0 Å². The van der Waals surface area contributed by atoms with Gasteiger partial charge in [0.1, 0.15) is 5.60 Å². The third-order valence-electron chi connectivity index (χ3n) is 3.14. The molecule has 1 atom stereocenters. The molecule has 80 valence electrons. The van der Waals surface area contributed by atoms with Gasteiger partial charge in [-0.3, -0.25) is 4.79 Å². The van der Waals surface area contributed by atoms with Crippen molar-refractivity contribution in [2.75, 3.05) is 0 Å². The molecule has 0 saturated carbocycles. The van der Waals surface area contributed by atoms with E-state index in [0.717, 1.165) is 23.1 Å². The van der Waals surface area contributed by atoms with E-state index >= 15 is 0 Å². The maximum absolute atomic E-state index is 10.7. The van der Waals surface area contributed by atoms with Gasteiger partial charge in [0, 0.05) is 0 Å². The van der Waals surface area contributed by atoms with Gasteiger partial charge in [-0.25, -0.2) is 0 Å². The minimum atomic E-state index is -1.16. The predicted octanol–water partition coefficient (Wildman–Crippen LogP) is 1.60. The Morgan fingerprint density at radius 3 is 2.93 bits per heavy atom. The summed E-state index contributed by atoms with van der Waals surface area (Å²) in [5.41, 5.74) is 1.88. The van der Waals surface area contributed by atoms with Crippen LogP contribution in [0, 0.1) is 6.92 Å². The van der Waals surface area contributed by atoms with Crippen LogP contribution in [0.4, 0.5) is 0 Å². The molecule has 0 aromatic heterocycles. The van der Waals surface area contributed by atoms with E-state index in [4.69, 9.17) is 5.11 Å². The first-order chi connectivity index (χ1) is 7.03. The highest BCUT2D eigenvalue weighted by Gasteiger charge is 2.38. The van der Waals surface area contributed by atoms with Gasteiger partial charge in [0.15, 0.2) is 0 Å². The van der Waals surface area contributed by atoms with Gasteiger partial charge in [-0.1, -0.05) is 18.2 Å². The molecule has 0 heterocycles. The van der Waals surface area contributed by atoms with Crippen molar-refractivity contribution in [3.05, 3.63) is 34.9 Å². The van der Waals surface area contributed by atoms with Gasteiger partial charge in [-0.15, -0.1) is 0 Å². The third kappa shape index (κ3) is 1.63. The molecule has 0 fully saturated rings. The Bertz CT molecular complexity index is 411. The lowest BCUT2D eigenvalue weighted by atomic mass is 9.91. The minimum Gasteiger partial charge on any atom is -0.481 e. The molecule has 0 radical (unpaired) electrons. The molecule has 0 amide bonds. The zero-order chi connectivity index (χ0) is 11.1. The molecule has 2 rings (SSSR count). The molecule has 2 N–H and O–H groups in total. The summed E-state index contributed by atoms with van der Waals surface area (Å²) in [6.07, 6.45) is 1.08. The largest absolute Gasteiger partial charge is 0.481 e. The number of aliphatic carboxylic acids is 1. The van der Waals surface area contributed by atoms with Crippen LogP contribution in [0.2, 0.25) is 0 Å². The Labute approximate surface area is 88.4 Å². The number of aryl methyl sites for hydroxylation is 1. The first kappa shape index (κ1) is 10.2. The minimum absolute atomic E-state index is 0.205. The van der Waals surface area contributed by atoms with Crippen molar-refractivity contribution in [3.63, 3.8) is 0 Å². The van der Waals surface area contributed by atoms with Gasteiger partial charge >= 0.3 is 5.97 Å². The molecule has 15 heavy (non-hydrogen) atoms. The number of carboxylic acids is 1. The van der Waals surface area contributed by atoms with E-state index in [2.05, 4.69) is 0 Å². The fraction of sp³-hybridized carbons (Fsp3) is 0.417. The summed E-state index contributed by atoms with van der Waals surface area (Å²) >= 11 is 0. The molecule has 3 heteroatoms. The lowest BCUT2D eigenvalue weighted by molar-refractivity contribution is -0.142. The van der Waals surface area contributed by atoms with E-state index in [-0.39, 0.29) is 6.42 Å². The van der Waals surface area contributed by atoms with Crippen molar-refractivity contribution in [1.29, 1.82) is 0 Å². The van der Waals surface area contributed by atoms with Gasteiger partial charge in [-0.05, 0) is 36.5 Å². The number of fused-ring (bicyclic) bond motifs is 1. The second-order valence-electron chi connectivity index (χ2n) is 4.20. The highest BCUT2D eigenvalue weighted by molar-refractivity contribution is 5.69. The van der Waals surface area contributed by atoms with E-state index in [1.807, 2.05) is 25.1 Å². The number of hydrogen-bond donors (Lipinski definition) is 2. The average molecular weight is 206 g/mol. The zero-order valence-corrected chi connectivity index (χ0v) is 8.66. The third-order valence-corrected chi connectivity index (χ3v) is 3.14. The van der Waals surface area contributed by atoms with Crippen LogP contribution in [0.1, 0.15) is 29.5 Å². The number of carboxylic acid groups (broad SMARTS) is 1. The maximum atomic E-state index is 10.7.